The molecule has 4 nitrogen and oxygen atoms in total. The Morgan fingerprint density at radius 1 is 1.40 bits per heavy atom. The number of carbonyl (C=O) groups excluding carboxylic acids is 1. The summed E-state index contributed by atoms with van der Waals surface area (Å²) in [6.07, 6.45) is 1.56. The molecule has 0 aromatic heterocycles. The molecule has 1 aliphatic carbocycles. The molecule has 0 bridgehead atoms. The number of rotatable bonds is 0. The smallest absolute Gasteiger partial charge is 0.173 e. The molecule has 0 radical (unpaired) electrons. The molecular weight excluding hydrogens is 220 g/mol. The van der Waals surface area contributed by atoms with E-state index in [-0.39, 0.29) is 22.3 Å². The second-order valence-corrected chi connectivity index (χ2v) is 3.88. The minimum absolute atomic E-state index is 0.0404. The van der Waals surface area contributed by atoms with Gasteiger partial charge < -0.3 is 14.9 Å². The SMILES string of the molecule is CC1=CC(=O)C2C(O)=CC(O)=C(Cl)C2O1. The van der Waals surface area contributed by atoms with Crippen LogP contribution in [0, 0.1) is 5.92 Å². The van der Waals surface area contributed by atoms with E-state index in [4.69, 9.17) is 16.3 Å². The highest BCUT2D eigenvalue weighted by Crippen LogP contribution is 2.36. The minimum Gasteiger partial charge on any atom is -0.511 e. The quantitative estimate of drug-likeness (QED) is 0.665. The van der Waals surface area contributed by atoms with Gasteiger partial charge in [0.15, 0.2) is 11.9 Å². The molecule has 2 unspecified atom stereocenters. The Hall–Kier alpha value is -1.42. The number of aliphatic hydroxyl groups is 2. The molecular formula is C10H9ClO4. The molecule has 5 heteroatoms. The van der Waals surface area contributed by atoms with Crippen LogP contribution in [0.25, 0.3) is 0 Å². The number of ether oxygens (including phenoxy) is 1. The van der Waals surface area contributed by atoms with Gasteiger partial charge in [-0.1, -0.05) is 11.6 Å². The van der Waals surface area contributed by atoms with Gasteiger partial charge in [-0.25, -0.2) is 0 Å². The first-order valence-corrected chi connectivity index (χ1v) is 4.76. The number of allylic oxidation sites excluding steroid dienone is 3. The standard InChI is InChI=1S/C10H9ClO4/c1-4-2-5(12)8-6(13)3-7(14)9(11)10(8)15-4/h2-3,8,10,13-14H,1H3. The first-order valence-electron chi connectivity index (χ1n) is 4.38. The maximum absolute atomic E-state index is 11.6. The highest BCUT2D eigenvalue weighted by Gasteiger charge is 2.41. The molecule has 2 N–H and O–H groups in total. The summed E-state index contributed by atoms with van der Waals surface area (Å²) < 4.78 is 5.30. The van der Waals surface area contributed by atoms with E-state index in [1.165, 1.54) is 6.08 Å². The summed E-state index contributed by atoms with van der Waals surface area (Å²) in [5, 5.41) is 18.9. The van der Waals surface area contributed by atoms with Crippen LogP contribution in [0.5, 0.6) is 0 Å². The van der Waals surface area contributed by atoms with Crippen molar-refractivity contribution in [2.75, 3.05) is 0 Å². The molecule has 1 aliphatic heterocycles. The molecule has 0 saturated heterocycles. The lowest BCUT2D eigenvalue weighted by atomic mass is 9.88. The molecule has 15 heavy (non-hydrogen) atoms. The average molecular weight is 229 g/mol. The highest BCUT2D eigenvalue weighted by atomic mass is 35.5. The molecule has 1 heterocycles. The Kier molecular flexibility index (Phi) is 2.23. The molecule has 80 valence electrons. The molecule has 0 aromatic rings. The lowest BCUT2D eigenvalue weighted by Gasteiger charge is -2.31. The van der Waals surface area contributed by atoms with Crippen LogP contribution < -0.4 is 0 Å². The molecule has 0 aromatic carbocycles. The van der Waals surface area contributed by atoms with Crippen molar-refractivity contribution in [3.05, 3.63) is 34.5 Å². The molecule has 2 aliphatic rings. The Labute approximate surface area is 91.1 Å². The summed E-state index contributed by atoms with van der Waals surface area (Å²) in [5.41, 5.74) is 0. The number of aliphatic hydroxyl groups excluding tert-OH is 2. The summed E-state index contributed by atoms with van der Waals surface area (Å²) in [4.78, 5) is 11.6. The number of fused-ring (bicyclic) bond motifs is 1. The van der Waals surface area contributed by atoms with E-state index in [0.717, 1.165) is 6.08 Å². The van der Waals surface area contributed by atoms with E-state index in [9.17, 15) is 15.0 Å². The van der Waals surface area contributed by atoms with Crippen molar-refractivity contribution in [1.82, 2.24) is 0 Å². The molecule has 0 fully saturated rings. The van der Waals surface area contributed by atoms with E-state index in [1.54, 1.807) is 6.92 Å². The number of hydrogen-bond donors (Lipinski definition) is 2. The zero-order valence-corrected chi connectivity index (χ0v) is 8.65. The predicted octanol–water partition coefficient (Wildman–Crippen LogP) is 1.94. The van der Waals surface area contributed by atoms with Crippen LogP contribution in [0.15, 0.2) is 34.5 Å². The Morgan fingerprint density at radius 2 is 2.07 bits per heavy atom. The van der Waals surface area contributed by atoms with Gasteiger partial charge in [-0.3, -0.25) is 4.79 Å². The van der Waals surface area contributed by atoms with E-state index in [0.29, 0.717) is 5.76 Å². The van der Waals surface area contributed by atoms with Gasteiger partial charge in [0.2, 0.25) is 0 Å². The van der Waals surface area contributed by atoms with Gasteiger partial charge in [0.05, 0.1) is 5.76 Å². The van der Waals surface area contributed by atoms with Crippen molar-refractivity contribution >= 4 is 17.4 Å². The normalized spacial score (nSPS) is 30.4. The fourth-order valence-corrected chi connectivity index (χ4v) is 1.91. The van der Waals surface area contributed by atoms with Gasteiger partial charge in [0, 0.05) is 12.2 Å². The van der Waals surface area contributed by atoms with Gasteiger partial charge in [-0.05, 0) is 6.92 Å². The minimum atomic E-state index is -0.836. The largest absolute Gasteiger partial charge is 0.511 e. The van der Waals surface area contributed by atoms with Gasteiger partial charge in [-0.2, -0.15) is 0 Å². The third-order valence-electron chi connectivity index (χ3n) is 2.37. The Morgan fingerprint density at radius 3 is 2.73 bits per heavy atom. The number of hydrogen-bond acceptors (Lipinski definition) is 4. The van der Waals surface area contributed by atoms with Gasteiger partial charge in [0.1, 0.15) is 22.5 Å². The third-order valence-corrected chi connectivity index (χ3v) is 2.77. The zero-order valence-electron chi connectivity index (χ0n) is 7.90. The van der Waals surface area contributed by atoms with Crippen molar-refractivity contribution in [1.29, 1.82) is 0 Å². The van der Waals surface area contributed by atoms with Crippen LogP contribution in [-0.2, 0) is 9.53 Å². The molecule has 2 rings (SSSR count). The van der Waals surface area contributed by atoms with Gasteiger partial charge >= 0.3 is 0 Å². The number of halogens is 1. The summed E-state index contributed by atoms with van der Waals surface area (Å²) >= 11 is 5.81. The van der Waals surface area contributed by atoms with Crippen LogP contribution in [0.4, 0.5) is 0 Å². The Bertz CT molecular complexity index is 419. The summed E-state index contributed by atoms with van der Waals surface area (Å²) in [6, 6.07) is 0. The van der Waals surface area contributed by atoms with E-state index < -0.39 is 12.0 Å². The predicted molar refractivity (Wildman–Crippen MR) is 53.3 cm³/mol. The lowest BCUT2D eigenvalue weighted by Crippen LogP contribution is -2.37. The summed E-state index contributed by atoms with van der Waals surface area (Å²) in [5.74, 6) is -1.18. The lowest BCUT2D eigenvalue weighted by molar-refractivity contribution is -0.123. The summed E-state index contributed by atoms with van der Waals surface area (Å²) in [6.45, 7) is 1.62. The van der Waals surface area contributed by atoms with E-state index in [1.807, 2.05) is 0 Å². The first kappa shape index (κ1) is 10.1. The van der Waals surface area contributed by atoms with Gasteiger partial charge in [-0.15, -0.1) is 0 Å². The maximum Gasteiger partial charge on any atom is 0.173 e. The van der Waals surface area contributed by atoms with Crippen molar-refractivity contribution in [3.8, 4) is 0 Å². The van der Waals surface area contributed by atoms with Crippen molar-refractivity contribution < 1.29 is 19.7 Å². The fraction of sp³-hybridized carbons (Fsp3) is 0.300. The maximum atomic E-state index is 11.6. The van der Waals surface area contributed by atoms with Crippen molar-refractivity contribution in [3.63, 3.8) is 0 Å². The van der Waals surface area contributed by atoms with Crippen LogP contribution in [-0.4, -0.2) is 22.1 Å². The second kappa shape index (κ2) is 3.31. The molecule has 0 saturated carbocycles. The molecule has 2 atom stereocenters. The van der Waals surface area contributed by atoms with Gasteiger partial charge in [0.25, 0.3) is 0 Å². The number of ketones is 1. The average Bonchev–Trinajstić information content (AvgIpc) is 2.12. The Balaban J connectivity index is 2.48. The second-order valence-electron chi connectivity index (χ2n) is 3.48. The molecule has 0 spiro atoms. The van der Waals surface area contributed by atoms with Crippen molar-refractivity contribution in [2.45, 2.75) is 13.0 Å². The first-order chi connectivity index (χ1) is 7.00. The van der Waals surface area contributed by atoms with E-state index >= 15 is 0 Å². The van der Waals surface area contributed by atoms with Crippen LogP contribution >= 0.6 is 11.6 Å². The monoisotopic (exact) mass is 228 g/mol. The van der Waals surface area contributed by atoms with E-state index in [2.05, 4.69) is 0 Å². The van der Waals surface area contributed by atoms with Crippen LogP contribution in [0.3, 0.4) is 0 Å². The number of carbonyl (C=O) groups is 1. The van der Waals surface area contributed by atoms with Crippen molar-refractivity contribution in [2.24, 2.45) is 5.92 Å². The third kappa shape index (κ3) is 1.51. The summed E-state index contributed by atoms with van der Waals surface area (Å²) in [7, 11) is 0. The topological polar surface area (TPSA) is 66.8 Å². The molecule has 0 amide bonds. The van der Waals surface area contributed by atoms with Crippen LogP contribution in [0.1, 0.15) is 6.92 Å². The highest BCUT2D eigenvalue weighted by molar-refractivity contribution is 6.31. The zero-order chi connectivity index (χ0) is 11.2. The van der Waals surface area contributed by atoms with Crippen LogP contribution in [0.2, 0.25) is 0 Å². The fourth-order valence-electron chi connectivity index (χ4n) is 1.69.